The fourth-order valence-electron chi connectivity index (χ4n) is 3.15. The number of rotatable bonds is 7. The van der Waals surface area contributed by atoms with Crippen molar-refractivity contribution in [1.29, 1.82) is 0 Å². The van der Waals surface area contributed by atoms with Gasteiger partial charge in [-0.25, -0.2) is 0 Å². The highest BCUT2D eigenvalue weighted by Gasteiger charge is 2.21. The lowest BCUT2D eigenvalue weighted by molar-refractivity contribution is 0.00240. The second-order valence-corrected chi connectivity index (χ2v) is 6.06. The first kappa shape index (κ1) is 16.5. The molecule has 3 nitrogen and oxygen atoms in total. The largest absolute Gasteiger partial charge is 0.389 e. The van der Waals surface area contributed by atoms with E-state index in [9.17, 15) is 5.11 Å². The van der Waals surface area contributed by atoms with Gasteiger partial charge in [-0.2, -0.15) is 0 Å². The van der Waals surface area contributed by atoms with Gasteiger partial charge in [0.05, 0.1) is 19.3 Å². The minimum atomic E-state index is -0.388. The Labute approximate surface area is 128 Å². The molecular weight excluding hydrogens is 262 g/mol. The van der Waals surface area contributed by atoms with E-state index in [-0.39, 0.29) is 6.10 Å². The number of nitrogens with zero attached hydrogens (tertiary/aromatic N) is 1. The van der Waals surface area contributed by atoms with Gasteiger partial charge in [0.15, 0.2) is 0 Å². The molecule has 0 aliphatic carbocycles. The molecule has 0 amide bonds. The predicted octanol–water partition coefficient (Wildman–Crippen LogP) is 3.22. The summed E-state index contributed by atoms with van der Waals surface area (Å²) >= 11 is 0. The minimum Gasteiger partial charge on any atom is -0.389 e. The summed E-state index contributed by atoms with van der Waals surface area (Å²) in [7, 11) is 0. The van der Waals surface area contributed by atoms with E-state index in [0.29, 0.717) is 19.3 Å². The zero-order valence-electron chi connectivity index (χ0n) is 13.2. The topological polar surface area (TPSA) is 32.7 Å². The zero-order chi connectivity index (χ0) is 14.9. The van der Waals surface area contributed by atoms with Crippen LogP contribution in [0.4, 0.5) is 0 Å². The Hall–Kier alpha value is -0.900. The van der Waals surface area contributed by atoms with Crippen LogP contribution in [-0.2, 0) is 11.3 Å². The van der Waals surface area contributed by atoms with Gasteiger partial charge >= 0.3 is 0 Å². The molecular formula is C18H29NO2. The summed E-state index contributed by atoms with van der Waals surface area (Å²) in [6.45, 7) is 5.11. The van der Waals surface area contributed by atoms with Crippen molar-refractivity contribution in [2.24, 2.45) is 0 Å². The number of β-amino-alcohol motifs (C(OH)–C–C–N with tert-alkyl or cyclic N) is 1. The fraction of sp³-hybridized carbons (Fsp3) is 0.667. The van der Waals surface area contributed by atoms with Crippen molar-refractivity contribution < 1.29 is 9.84 Å². The number of ether oxygens (including phenoxy) is 1. The van der Waals surface area contributed by atoms with Crippen LogP contribution in [0, 0.1) is 0 Å². The smallest absolute Gasteiger partial charge is 0.0900 e. The SMILES string of the molecule is CCC1CCCCCN1CC(O)COCc1ccccc1. The molecule has 2 unspecified atom stereocenters. The van der Waals surface area contributed by atoms with Crippen molar-refractivity contribution in [2.75, 3.05) is 19.7 Å². The summed E-state index contributed by atoms with van der Waals surface area (Å²) < 4.78 is 5.65. The summed E-state index contributed by atoms with van der Waals surface area (Å²) in [6.07, 6.45) is 5.98. The number of hydrogen-bond acceptors (Lipinski definition) is 3. The van der Waals surface area contributed by atoms with E-state index < -0.39 is 0 Å². The fourth-order valence-corrected chi connectivity index (χ4v) is 3.15. The molecule has 0 bridgehead atoms. The Bertz CT molecular complexity index is 382. The summed E-state index contributed by atoms with van der Waals surface area (Å²) in [4.78, 5) is 2.46. The third kappa shape index (κ3) is 5.77. The first-order chi connectivity index (χ1) is 10.3. The van der Waals surface area contributed by atoms with E-state index in [0.717, 1.165) is 18.7 Å². The van der Waals surface area contributed by atoms with Crippen LogP contribution in [0.3, 0.4) is 0 Å². The van der Waals surface area contributed by atoms with Crippen LogP contribution in [0.5, 0.6) is 0 Å². The average molecular weight is 291 g/mol. The van der Waals surface area contributed by atoms with E-state index in [1.54, 1.807) is 0 Å². The van der Waals surface area contributed by atoms with Crippen LogP contribution in [-0.4, -0.2) is 41.8 Å². The highest BCUT2D eigenvalue weighted by molar-refractivity contribution is 5.13. The maximum absolute atomic E-state index is 10.2. The highest BCUT2D eigenvalue weighted by Crippen LogP contribution is 2.19. The van der Waals surface area contributed by atoms with Crippen molar-refractivity contribution >= 4 is 0 Å². The van der Waals surface area contributed by atoms with E-state index in [1.807, 2.05) is 30.3 Å². The molecule has 1 fully saturated rings. The molecule has 1 aliphatic rings. The lowest BCUT2D eigenvalue weighted by atomic mass is 10.1. The lowest BCUT2D eigenvalue weighted by Crippen LogP contribution is -2.41. The van der Waals surface area contributed by atoms with E-state index in [4.69, 9.17) is 4.74 Å². The number of aliphatic hydroxyl groups is 1. The molecule has 0 spiro atoms. The third-order valence-electron chi connectivity index (χ3n) is 4.34. The van der Waals surface area contributed by atoms with E-state index >= 15 is 0 Å². The van der Waals surface area contributed by atoms with Gasteiger partial charge in [0.25, 0.3) is 0 Å². The van der Waals surface area contributed by atoms with Crippen LogP contribution in [0.2, 0.25) is 0 Å². The Morgan fingerprint density at radius 3 is 2.81 bits per heavy atom. The van der Waals surface area contributed by atoms with Gasteiger partial charge in [0.1, 0.15) is 0 Å². The van der Waals surface area contributed by atoms with Crippen LogP contribution in [0.1, 0.15) is 44.6 Å². The molecule has 2 rings (SSSR count). The van der Waals surface area contributed by atoms with Gasteiger partial charge in [-0.05, 0) is 31.4 Å². The second-order valence-electron chi connectivity index (χ2n) is 6.06. The molecule has 1 aromatic carbocycles. The standard InChI is InChI=1S/C18H29NO2/c1-2-17-11-7-4-8-12-19(17)13-18(20)15-21-14-16-9-5-3-6-10-16/h3,5-6,9-10,17-18,20H,2,4,7-8,11-15H2,1H3. The maximum Gasteiger partial charge on any atom is 0.0900 e. The normalized spacial score (nSPS) is 21.9. The summed E-state index contributed by atoms with van der Waals surface area (Å²) in [5, 5.41) is 10.2. The van der Waals surface area contributed by atoms with Crippen LogP contribution in [0.25, 0.3) is 0 Å². The van der Waals surface area contributed by atoms with Gasteiger partial charge < -0.3 is 9.84 Å². The van der Waals surface area contributed by atoms with Crippen molar-refractivity contribution in [3.05, 3.63) is 35.9 Å². The molecule has 1 saturated heterocycles. The maximum atomic E-state index is 10.2. The zero-order valence-corrected chi connectivity index (χ0v) is 13.2. The number of likely N-dealkylation sites (tertiary alicyclic amines) is 1. The summed E-state index contributed by atoms with van der Waals surface area (Å²) in [5.41, 5.74) is 1.16. The lowest BCUT2D eigenvalue weighted by Gasteiger charge is -2.30. The Kier molecular flexibility index (Phi) is 7.20. The van der Waals surface area contributed by atoms with Crippen LogP contribution < -0.4 is 0 Å². The molecule has 1 heterocycles. The van der Waals surface area contributed by atoms with Crippen molar-refractivity contribution in [3.8, 4) is 0 Å². The molecule has 0 saturated carbocycles. The van der Waals surface area contributed by atoms with E-state index in [2.05, 4.69) is 11.8 Å². The highest BCUT2D eigenvalue weighted by atomic mass is 16.5. The molecule has 1 aliphatic heterocycles. The van der Waals surface area contributed by atoms with Crippen molar-refractivity contribution in [2.45, 2.75) is 57.8 Å². The second kappa shape index (κ2) is 9.19. The Morgan fingerprint density at radius 2 is 2.05 bits per heavy atom. The molecule has 1 N–H and O–H groups in total. The Balaban J connectivity index is 1.71. The minimum absolute atomic E-state index is 0.388. The van der Waals surface area contributed by atoms with Gasteiger partial charge in [0, 0.05) is 12.6 Å². The van der Waals surface area contributed by atoms with Crippen molar-refractivity contribution in [1.82, 2.24) is 4.90 Å². The Morgan fingerprint density at radius 1 is 1.24 bits per heavy atom. The monoisotopic (exact) mass is 291 g/mol. The molecule has 2 atom stereocenters. The molecule has 21 heavy (non-hydrogen) atoms. The van der Waals surface area contributed by atoms with Crippen LogP contribution >= 0.6 is 0 Å². The molecule has 0 aromatic heterocycles. The predicted molar refractivity (Wildman–Crippen MR) is 86.2 cm³/mol. The van der Waals surface area contributed by atoms with E-state index in [1.165, 1.54) is 32.1 Å². The van der Waals surface area contributed by atoms with Gasteiger partial charge in [-0.1, -0.05) is 50.1 Å². The first-order valence-corrected chi connectivity index (χ1v) is 8.33. The van der Waals surface area contributed by atoms with Gasteiger partial charge in [0.2, 0.25) is 0 Å². The van der Waals surface area contributed by atoms with Crippen LogP contribution in [0.15, 0.2) is 30.3 Å². The quantitative estimate of drug-likeness (QED) is 0.837. The van der Waals surface area contributed by atoms with Gasteiger partial charge in [-0.15, -0.1) is 0 Å². The number of aliphatic hydroxyl groups excluding tert-OH is 1. The number of benzene rings is 1. The molecule has 118 valence electrons. The molecule has 0 radical (unpaired) electrons. The molecule has 1 aromatic rings. The summed E-state index contributed by atoms with van der Waals surface area (Å²) in [5.74, 6) is 0. The first-order valence-electron chi connectivity index (χ1n) is 8.33. The van der Waals surface area contributed by atoms with Crippen molar-refractivity contribution in [3.63, 3.8) is 0 Å². The summed E-state index contributed by atoms with van der Waals surface area (Å²) in [6, 6.07) is 10.8. The van der Waals surface area contributed by atoms with Gasteiger partial charge in [-0.3, -0.25) is 4.90 Å². The molecule has 3 heteroatoms. The number of hydrogen-bond donors (Lipinski definition) is 1. The third-order valence-corrected chi connectivity index (χ3v) is 4.34. The average Bonchev–Trinajstić information content (AvgIpc) is 2.73.